The van der Waals surface area contributed by atoms with Crippen molar-refractivity contribution in [3.05, 3.63) is 35.4 Å². The Morgan fingerprint density at radius 3 is 2.38 bits per heavy atom. The molecule has 3 heteroatoms. The lowest BCUT2D eigenvalue weighted by atomic mass is 10.0. The molecule has 2 rings (SSSR count). The van der Waals surface area contributed by atoms with Crippen molar-refractivity contribution < 1.29 is 4.74 Å². The molecule has 0 bridgehead atoms. The molecule has 0 spiro atoms. The Morgan fingerprint density at radius 2 is 1.81 bits per heavy atom. The van der Waals surface area contributed by atoms with Gasteiger partial charge in [-0.2, -0.15) is 0 Å². The predicted octanol–water partition coefficient (Wildman–Crippen LogP) is 3.62. The van der Waals surface area contributed by atoms with Crippen molar-refractivity contribution in [3.8, 4) is 16.2 Å². The van der Waals surface area contributed by atoms with Crippen LogP contribution in [0.4, 0.5) is 5.00 Å². The van der Waals surface area contributed by atoms with E-state index >= 15 is 0 Å². The van der Waals surface area contributed by atoms with Gasteiger partial charge in [0.15, 0.2) is 0 Å². The van der Waals surface area contributed by atoms with Gasteiger partial charge in [-0.1, -0.05) is 0 Å². The van der Waals surface area contributed by atoms with Crippen molar-refractivity contribution in [2.75, 3.05) is 12.8 Å². The third-order valence-corrected chi connectivity index (χ3v) is 3.66. The summed E-state index contributed by atoms with van der Waals surface area (Å²) in [6.45, 7) is 4.19. The molecule has 0 unspecified atom stereocenters. The molecule has 0 radical (unpaired) electrons. The van der Waals surface area contributed by atoms with E-state index in [0.717, 1.165) is 21.2 Å². The van der Waals surface area contributed by atoms with E-state index in [1.807, 2.05) is 12.1 Å². The van der Waals surface area contributed by atoms with Crippen molar-refractivity contribution >= 4 is 16.3 Å². The molecule has 0 atom stereocenters. The first-order valence-corrected chi connectivity index (χ1v) is 5.94. The SMILES string of the molecule is COc1cc(C)c(C)cc1-c1ccc(N)s1. The molecule has 2 N–H and O–H groups in total. The second-order valence-corrected chi connectivity index (χ2v) is 4.95. The van der Waals surface area contributed by atoms with Gasteiger partial charge in [0.1, 0.15) is 5.75 Å². The first kappa shape index (κ1) is 11.0. The van der Waals surface area contributed by atoms with E-state index in [4.69, 9.17) is 10.5 Å². The molecule has 0 saturated carbocycles. The zero-order valence-corrected chi connectivity index (χ0v) is 10.5. The molecule has 84 valence electrons. The number of thiophene rings is 1. The number of hydrogen-bond acceptors (Lipinski definition) is 3. The van der Waals surface area contributed by atoms with Gasteiger partial charge in [0.2, 0.25) is 0 Å². The molecule has 1 aromatic carbocycles. The van der Waals surface area contributed by atoms with Crippen LogP contribution in [-0.2, 0) is 0 Å². The Labute approximate surface area is 99.7 Å². The lowest BCUT2D eigenvalue weighted by molar-refractivity contribution is 0.416. The Bertz CT molecular complexity index is 517. The van der Waals surface area contributed by atoms with Gasteiger partial charge in [0.05, 0.1) is 12.1 Å². The maximum Gasteiger partial charge on any atom is 0.127 e. The van der Waals surface area contributed by atoms with Crippen LogP contribution in [0.15, 0.2) is 24.3 Å². The minimum atomic E-state index is 0.829. The van der Waals surface area contributed by atoms with Gasteiger partial charge in [-0.3, -0.25) is 0 Å². The number of nitrogen functional groups attached to an aromatic ring is 1. The minimum Gasteiger partial charge on any atom is -0.496 e. The van der Waals surface area contributed by atoms with E-state index in [2.05, 4.69) is 26.0 Å². The molecule has 16 heavy (non-hydrogen) atoms. The molecule has 0 amide bonds. The second kappa shape index (κ2) is 4.18. The molecule has 0 aliphatic carbocycles. The quantitative estimate of drug-likeness (QED) is 0.859. The second-order valence-electron chi connectivity index (χ2n) is 3.84. The van der Waals surface area contributed by atoms with Gasteiger partial charge in [0.25, 0.3) is 0 Å². The monoisotopic (exact) mass is 233 g/mol. The summed E-state index contributed by atoms with van der Waals surface area (Å²) in [4.78, 5) is 1.15. The predicted molar refractivity (Wildman–Crippen MR) is 70.2 cm³/mol. The molecule has 0 aliphatic rings. The van der Waals surface area contributed by atoms with E-state index in [-0.39, 0.29) is 0 Å². The van der Waals surface area contributed by atoms with Gasteiger partial charge >= 0.3 is 0 Å². The summed E-state index contributed by atoms with van der Waals surface area (Å²) >= 11 is 1.58. The van der Waals surface area contributed by atoms with Crippen LogP contribution in [0.5, 0.6) is 5.75 Å². The molecule has 1 heterocycles. The number of ether oxygens (including phenoxy) is 1. The number of benzene rings is 1. The van der Waals surface area contributed by atoms with Crippen LogP contribution in [0.25, 0.3) is 10.4 Å². The Hall–Kier alpha value is -1.48. The summed E-state index contributed by atoms with van der Waals surface area (Å²) in [5.41, 5.74) is 9.38. The molecule has 2 aromatic rings. The first-order chi connectivity index (χ1) is 7.61. The lowest BCUT2D eigenvalue weighted by Gasteiger charge is -2.10. The number of rotatable bonds is 2. The molecular weight excluding hydrogens is 218 g/mol. The molecular formula is C13H15NOS. The topological polar surface area (TPSA) is 35.2 Å². The van der Waals surface area contributed by atoms with E-state index in [1.54, 1.807) is 18.4 Å². The van der Waals surface area contributed by atoms with Crippen molar-refractivity contribution in [1.29, 1.82) is 0 Å². The Morgan fingerprint density at radius 1 is 1.12 bits per heavy atom. The zero-order chi connectivity index (χ0) is 11.7. The average molecular weight is 233 g/mol. The first-order valence-electron chi connectivity index (χ1n) is 5.12. The van der Waals surface area contributed by atoms with Gasteiger partial charge in [0, 0.05) is 10.4 Å². The van der Waals surface area contributed by atoms with Crippen LogP contribution in [-0.4, -0.2) is 7.11 Å². The summed E-state index contributed by atoms with van der Waals surface area (Å²) in [6, 6.07) is 8.18. The van der Waals surface area contributed by atoms with E-state index in [0.29, 0.717) is 0 Å². The van der Waals surface area contributed by atoms with E-state index in [1.165, 1.54) is 11.1 Å². The number of nitrogens with two attached hydrogens (primary N) is 1. The zero-order valence-electron chi connectivity index (χ0n) is 9.70. The normalized spacial score (nSPS) is 10.4. The number of hydrogen-bond donors (Lipinski definition) is 1. The largest absolute Gasteiger partial charge is 0.496 e. The molecule has 0 aliphatic heterocycles. The van der Waals surface area contributed by atoms with Gasteiger partial charge in [-0.25, -0.2) is 0 Å². The van der Waals surface area contributed by atoms with Crippen molar-refractivity contribution in [2.45, 2.75) is 13.8 Å². The van der Waals surface area contributed by atoms with Crippen LogP contribution in [0, 0.1) is 13.8 Å². The summed E-state index contributed by atoms with van der Waals surface area (Å²) in [7, 11) is 1.70. The minimum absolute atomic E-state index is 0.829. The van der Waals surface area contributed by atoms with Crippen LogP contribution < -0.4 is 10.5 Å². The average Bonchev–Trinajstić information content (AvgIpc) is 2.68. The van der Waals surface area contributed by atoms with Crippen molar-refractivity contribution in [2.24, 2.45) is 0 Å². The third kappa shape index (κ3) is 1.91. The summed E-state index contributed by atoms with van der Waals surface area (Å²) in [5.74, 6) is 0.907. The fraction of sp³-hybridized carbons (Fsp3) is 0.231. The van der Waals surface area contributed by atoms with Crippen LogP contribution >= 0.6 is 11.3 Å². The highest BCUT2D eigenvalue weighted by molar-refractivity contribution is 7.19. The summed E-state index contributed by atoms with van der Waals surface area (Å²) in [6.07, 6.45) is 0. The summed E-state index contributed by atoms with van der Waals surface area (Å²) < 4.78 is 5.41. The maximum absolute atomic E-state index is 5.75. The standard InChI is InChI=1S/C13H15NOS/c1-8-6-10(11(15-3)7-9(8)2)12-4-5-13(14)16-12/h4-7H,14H2,1-3H3. The third-order valence-electron chi connectivity index (χ3n) is 2.71. The maximum atomic E-state index is 5.75. The smallest absolute Gasteiger partial charge is 0.127 e. The van der Waals surface area contributed by atoms with E-state index < -0.39 is 0 Å². The van der Waals surface area contributed by atoms with Crippen molar-refractivity contribution in [3.63, 3.8) is 0 Å². The molecule has 2 nitrogen and oxygen atoms in total. The van der Waals surface area contributed by atoms with E-state index in [9.17, 15) is 0 Å². The van der Waals surface area contributed by atoms with Gasteiger partial charge in [-0.05, 0) is 49.2 Å². The molecule has 0 fully saturated rings. The fourth-order valence-corrected chi connectivity index (χ4v) is 2.44. The highest BCUT2D eigenvalue weighted by Gasteiger charge is 2.09. The summed E-state index contributed by atoms with van der Waals surface area (Å²) in [5, 5.41) is 0.829. The highest BCUT2D eigenvalue weighted by Crippen LogP contribution is 2.37. The lowest BCUT2D eigenvalue weighted by Crippen LogP contribution is -1.90. The Kier molecular flexibility index (Phi) is 2.88. The number of anilines is 1. The van der Waals surface area contributed by atoms with Crippen LogP contribution in [0.2, 0.25) is 0 Å². The number of aryl methyl sites for hydroxylation is 2. The van der Waals surface area contributed by atoms with Crippen LogP contribution in [0.1, 0.15) is 11.1 Å². The Balaban J connectivity index is 2.59. The highest BCUT2D eigenvalue weighted by atomic mass is 32.1. The van der Waals surface area contributed by atoms with Crippen molar-refractivity contribution in [1.82, 2.24) is 0 Å². The fourth-order valence-electron chi connectivity index (χ4n) is 1.65. The van der Waals surface area contributed by atoms with Gasteiger partial charge < -0.3 is 10.5 Å². The van der Waals surface area contributed by atoms with Gasteiger partial charge in [-0.15, -0.1) is 11.3 Å². The molecule has 0 saturated heterocycles. The molecule has 1 aromatic heterocycles. The number of methoxy groups -OCH3 is 1. The van der Waals surface area contributed by atoms with Crippen LogP contribution in [0.3, 0.4) is 0 Å².